The fourth-order valence-corrected chi connectivity index (χ4v) is 2.39. The summed E-state index contributed by atoms with van der Waals surface area (Å²) in [5, 5.41) is 0. The molecule has 1 fully saturated rings. The highest BCUT2D eigenvalue weighted by Gasteiger charge is 2.30. The van der Waals surface area contributed by atoms with Gasteiger partial charge in [-0.05, 0) is 13.3 Å². The van der Waals surface area contributed by atoms with E-state index in [1.807, 2.05) is 6.92 Å². The second-order valence-electron chi connectivity index (χ2n) is 3.58. The molecule has 2 rings (SSSR count). The van der Waals surface area contributed by atoms with Gasteiger partial charge < -0.3 is 4.74 Å². The summed E-state index contributed by atoms with van der Waals surface area (Å²) in [7, 11) is 0. The molecule has 1 aliphatic rings. The molecule has 0 radical (unpaired) electrons. The Morgan fingerprint density at radius 1 is 1.79 bits per heavy atom. The van der Waals surface area contributed by atoms with Crippen molar-refractivity contribution >= 4 is 17.1 Å². The normalized spacial score (nSPS) is 26.6. The molecule has 1 saturated heterocycles. The summed E-state index contributed by atoms with van der Waals surface area (Å²) in [5.74, 6) is 0.386. The topological polar surface area (TPSA) is 39.2 Å². The average molecular weight is 211 g/mol. The number of carbonyl (C=O) groups excluding carboxylic acids is 1. The second-order valence-corrected chi connectivity index (χ2v) is 4.55. The lowest BCUT2D eigenvalue weighted by atomic mass is 9.95. The van der Waals surface area contributed by atoms with E-state index in [-0.39, 0.29) is 12.0 Å². The monoisotopic (exact) mass is 211 g/mol. The number of hydrogen-bond acceptors (Lipinski definition) is 4. The molecule has 0 saturated carbocycles. The van der Waals surface area contributed by atoms with E-state index in [1.54, 1.807) is 11.7 Å². The van der Waals surface area contributed by atoms with Crippen LogP contribution in [0.5, 0.6) is 0 Å². The zero-order chi connectivity index (χ0) is 9.97. The summed E-state index contributed by atoms with van der Waals surface area (Å²) in [6, 6.07) is 0. The molecule has 2 heterocycles. The minimum atomic E-state index is 0.0930. The number of carbonyl (C=O) groups is 1. The van der Waals surface area contributed by atoms with Gasteiger partial charge >= 0.3 is 0 Å². The lowest BCUT2D eigenvalue weighted by molar-refractivity contribution is -0.123. The van der Waals surface area contributed by atoms with Gasteiger partial charge in [0.1, 0.15) is 5.78 Å². The van der Waals surface area contributed by atoms with E-state index in [4.69, 9.17) is 4.74 Å². The zero-order valence-electron chi connectivity index (χ0n) is 8.10. The van der Waals surface area contributed by atoms with Crippen molar-refractivity contribution in [2.24, 2.45) is 5.92 Å². The number of aromatic nitrogens is 1. The number of ketones is 1. The molecule has 1 aromatic heterocycles. The number of nitrogens with zero attached hydrogens (tertiary/aromatic N) is 1. The fourth-order valence-electron chi connectivity index (χ4n) is 1.79. The maximum atomic E-state index is 11.8. The van der Waals surface area contributed by atoms with Crippen LogP contribution in [-0.4, -0.2) is 23.5 Å². The van der Waals surface area contributed by atoms with E-state index in [0.717, 1.165) is 17.9 Å². The Morgan fingerprint density at radius 3 is 3.21 bits per heavy atom. The van der Waals surface area contributed by atoms with E-state index in [9.17, 15) is 4.79 Å². The van der Waals surface area contributed by atoms with E-state index in [0.29, 0.717) is 12.2 Å². The van der Waals surface area contributed by atoms with Crippen LogP contribution in [0.4, 0.5) is 0 Å². The molecule has 2 atom stereocenters. The highest BCUT2D eigenvalue weighted by molar-refractivity contribution is 7.09. The van der Waals surface area contributed by atoms with Crippen LogP contribution in [0.3, 0.4) is 0 Å². The first-order valence-electron chi connectivity index (χ1n) is 4.79. The number of ether oxygens (including phenoxy) is 1. The van der Waals surface area contributed by atoms with Crippen molar-refractivity contribution in [3.05, 3.63) is 16.6 Å². The van der Waals surface area contributed by atoms with Crippen molar-refractivity contribution in [3.8, 4) is 0 Å². The maximum Gasteiger partial charge on any atom is 0.143 e. The highest BCUT2D eigenvalue weighted by atomic mass is 32.1. The van der Waals surface area contributed by atoms with Gasteiger partial charge in [-0.2, -0.15) is 0 Å². The summed E-state index contributed by atoms with van der Waals surface area (Å²) >= 11 is 1.54. The minimum Gasteiger partial charge on any atom is -0.378 e. The van der Waals surface area contributed by atoms with E-state index >= 15 is 0 Å². The molecule has 1 aromatic rings. The van der Waals surface area contributed by atoms with E-state index in [2.05, 4.69) is 4.98 Å². The van der Waals surface area contributed by atoms with Gasteiger partial charge in [0.15, 0.2) is 0 Å². The van der Waals surface area contributed by atoms with Gasteiger partial charge in [0.05, 0.1) is 11.6 Å². The van der Waals surface area contributed by atoms with Gasteiger partial charge in [-0.15, -0.1) is 11.3 Å². The second kappa shape index (κ2) is 4.19. The summed E-state index contributed by atoms with van der Waals surface area (Å²) in [5.41, 5.74) is 1.76. The predicted octanol–water partition coefficient (Wildman–Crippen LogP) is 1.68. The smallest absolute Gasteiger partial charge is 0.143 e. The number of Topliss-reactive ketones (excluding diaryl/α,β-unsaturated/α-hetero) is 1. The lowest BCUT2D eigenvalue weighted by Crippen LogP contribution is -2.22. The number of thiazole rings is 1. The summed E-state index contributed by atoms with van der Waals surface area (Å²) in [6.45, 7) is 2.70. The van der Waals surface area contributed by atoms with Gasteiger partial charge in [-0.1, -0.05) is 0 Å². The Balaban J connectivity index is 1.95. The maximum absolute atomic E-state index is 11.8. The van der Waals surface area contributed by atoms with Crippen LogP contribution in [0.2, 0.25) is 0 Å². The summed E-state index contributed by atoms with van der Waals surface area (Å²) in [4.78, 5) is 16.8. The molecule has 0 N–H and O–H groups in total. The Morgan fingerprint density at radius 2 is 2.64 bits per heavy atom. The molecule has 4 heteroatoms. The first kappa shape index (κ1) is 9.80. The van der Waals surface area contributed by atoms with Crippen molar-refractivity contribution in [2.75, 3.05) is 6.61 Å². The minimum absolute atomic E-state index is 0.0930. The molecule has 1 aliphatic heterocycles. The van der Waals surface area contributed by atoms with Crippen LogP contribution in [0, 0.1) is 5.92 Å². The summed E-state index contributed by atoms with van der Waals surface area (Å²) in [6.07, 6.45) is 3.25. The third-order valence-corrected chi connectivity index (χ3v) is 3.40. The molecule has 0 spiro atoms. The van der Waals surface area contributed by atoms with Crippen LogP contribution in [0.1, 0.15) is 18.2 Å². The molecular formula is C10H13NO2S. The zero-order valence-corrected chi connectivity index (χ0v) is 8.92. The third kappa shape index (κ3) is 2.01. The van der Waals surface area contributed by atoms with Gasteiger partial charge in [0, 0.05) is 30.0 Å². The van der Waals surface area contributed by atoms with Crippen LogP contribution < -0.4 is 0 Å². The van der Waals surface area contributed by atoms with Crippen molar-refractivity contribution in [2.45, 2.75) is 25.9 Å². The van der Waals surface area contributed by atoms with Crippen LogP contribution in [-0.2, 0) is 16.0 Å². The average Bonchev–Trinajstić information content (AvgIpc) is 2.75. The molecule has 0 aromatic carbocycles. The molecule has 3 nitrogen and oxygen atoms in total. The van der Waals surface area contributed by atoms with Gasteiger partial charge in [-0.3, -0.25) is 9.78 Å². The Hall–Kier alpha value is -0.740. The SMILES string of the molecule is CC1OCCC1C(=O)Cc1cncs1. The predicted molar refractivity (Wildman–Crippen MR) is 54.3 cm³/mol. The van der Waals surface area contributed by atoms with Gasteiger partial charge in [0.25, 0.3) is 0 Å². The molecule has 76 valence electrons. The number of rotatable bonds is 3. The van der Waals surface area contributed by atoms with E-state index in [1.165, 1.54) is 11.3 Å². The molecule has 2 unspecified atom stereocenters. The Kier molecular flexibility index (Phi) is 2.93. The lowest BCUT2D eigenvalue weighted by Gasteiger charge is -2.11. The quantitative estimate of drug-likeness (QED) is 0.763. The highest BCUT2D eigenvalue weighted by Crippen LogP contribution is 2.23. The van der Waals surface area contributed by atoms with Crippen LogP contribution in [0.15, 0.2) is 11.7 Å². The van der Waals surface area contributed by atoms with E-state index < -0.39 is 0 Å². The fraction of sp³-hybridized carbons (Fsp3) is 0.600. The van der Waals surface area contributed by atoms with Crippen molar-refractivity contribution in [1.29, 1.82) is 0 Å². The standard InChI is InChI=1S/C10H13NO2S/c1-7-9(2-3-13-7)10(12)4-8-5-11-6-14-8/h5-7,9H,2-4H2,1H3. The van der Waals surface area contributed by atoms with Crippen molar-refractivity contribution < 1.29 is 9.53 Å². The Labute approximate surface area is 87.1 Å². The molecule has 0 amide bonds. The van der Waals surface area contributed by atoms with Gasteiger partial charge in [-0.25, -0.2) is 0 Å². The molecule has 0 aliphatic carbocycles. The first-order chi connectivity index (χ1) is 6.77. The Bertz CT molecular complexity index is 310. The number of hydrogen-bond donors (Lipinski definition) is 0. The van der Waals surface area contributed by atoms with Crippen molar-refractivity contribution in [3.63, 3.8) is 0 Å². The largest absolute Gasteiger partial charge is 0.378 e. The van der Waals surface area contributed by atoms with Gasteiger partial charge in [0.2, 0.25) is 0 Å². The third-order valence-electron chi connectivity index (χ3n) is 2.62. The molecular weight excluding hydrogens is 198 g/mol. The van der Waals surface area contributed by atoms with Crippen LogP contribution >= 0.6 is 11.3 Å². The van der Waals surface area contributed by atoms with Crippen molar-refractivity contribution in [1.82, 2.24) is 4.98 Å². The van der Waals surface area contributed by atoms with Crippen LogP contribution in [0.25, 0.3) is 0 Å². The summed E-state index contributed by atoms with van der Waals surface area (Å²) < 4.78 is 5.37. The first-order valence-corrected chi connectivity index (χ1v) is 5.67. The molecule has 0 bridgehead atoms. The molecule has 14 heavy (non-hydrogen) atoms.